The number of carboxylic acids is 1. The van der Waals surface area contributed by atoms with Crippen molar-refractivity contribution in [2.75, 3.05) is 5.73 Å². The zero-order valence-corrected chi connectivity index (χ0v) is 6.64. The van der Waals surface area contributed by atoms with Crippen LogP contribution >= 0.6 is 0 Å². The summed E-state index contributed by atoms with van der Waals surface area (Å²) >= 11 is 0. The molecule has 1 aromatic rings. The highest BCUT2D eigenvalue weighted by Gasteiger charge is 2.04. The fourth-order valence-electron chi connectivity index (χ4n) is 0.883. The molecule has 0 aliphatic heterocycles. The SMILES string of the molecule is NN=Nc1cc(N)cc(C(=O)O)c1. The first kappa shape index (κ1) is 8.98. The lowest BCUT2D eigenvalue weighted by atomic mass is 10.2. The van der Waals surface area contributed by atoms with Gasteiger partial charge in [0.25, 0.3) is 0 Å². The van der Waals surface area contributed by atoms with Crippen LogP contribution in [-0.2, 0) is 0 Å². The van der Waals surface area contributed by atoms with Crippen LogP contribution in [0, 0.1) is 0 Å². The van der Waals surface area contributed by atoms with Gasteiger partial charge in [-0.15, -0.1) is 5.11 Å². The molecule has 0 spiro atoms. The van der Waals surface area contributed by atoms with Crippen LogP contribution in [0.25, 0.3) is 0 Å². The molecule has 5 N–H and O–H groups in total. The molecule has 0 unspecified atom stereocenters. The second-order valence-corrected chi connectivity index (χ2v) is 2.33. The first-order valence-corrected chi connectivity index (χ1v) is 3.38. The third kappa shape index (κ3) is 2.16. The Labute approximate surface area is 73.8 Å². The van der Waals surface area contributed by atoms with E-state index in [9.17, 15) is 4.79 Å². The van der Waals surface area contributed by atoms with Crippen LogP contribution in [0.5, 0.6) is 0 Å². The largest absolute Gasteiger partial charge is 0.478 e. The average molecular weight is 180 g/mol. The van der Waals surface area contributed by atoms with Crippen LogP contribution in [0.4, 0.5) is 11.4 Å². The zero-order chi connectivity index (χ0) is 9.84. The number of nitrogens with zero attached hydrogens (tertiary/aromatic N) is 2. The van der Waals surface area contributed by atoms with Crippen molar-refractivity contribution in [1.82, 2.24) is 0 Å². The summed E-state index contributed by atoms with van der Waals surface area (Å²) in [4.78, 5) is 10.6. The molecule has 0 saturated heterocycles. The summed E-state index contributed by atoms with van der Waals surface area (Å²) < 4.78 is 0. The molecule has 13 heavy (non-hydrogen) atoms. The summed E-state index contributed by atoms with van der Waals surface area (Å²) in [7, 11) is 0. The minimum absolute atomic E-state index is 0.0578. The molecule has 0 radical (unpaired) electrons. The molecule has 0 heterocycles. The number of carbonyl (C=O) groups is 1. The van der Waals surface area contributed by atoms with Crippen LogP contribution in [-0.4, -0.2) is 11.1 Å². The summed E-state index contributed by atoms with van der Waals surface area (Å²) in [5.41, 5.74) is 6.11. The topological polar surface area (TPSA) is 114 Å². The average Bonchev–Trinajstić information content (AvgIpc) is 2.03. The van der Waals surface area contributed by atoms with E-state index < -0.39 is 5.97 Å². The van der Waals surface area contributed by atoms with Gasteiger partial charge in [-0.25, -0.2) is 4.79 Å². The number of benzene rings is 1. The Kier molecular flexibility index (Phi) is 2.44. The minimum Gasteiger partial charge on any atom is -0.478 e. The van der Waals surface area contributed by atoms with Crippen LogP contribution in [0.15, 0.2) is 28.5 Å². The zero-order valence-electron chi connectivity index (χ0n) is 6.64. The number of aromatic carboxylic acids is 1. The Hall–Kier alpha value is -2.11. The van der Waals surface area contributed by atoms with Crippen molar-refractivity contribution in [3.05, 3.63) is 23.8 Å². The third-order valence-electron chi connectivity index (χ3n) is 1.36. The molecule has 0 atom stereocenters. The van der Waals surface area contributed by atoms with E-state index in [1.165, 1.54) is 18.2 Å². The van der Waals surface area contributed by atoms with E-state index in [1.807, 2.05) is 0 Å². The second kappa shape index (κ2) is 3.53. The molecule has 0 aliphatic rings. The standard InChI is InChI=1S/C7H8N4O2/c8-5-1-4(7(12)13)2-6(3-5)10-11-9/h1-3H,8H2,(H2,9,10)(H,12,13). The van der Waals surface area contributed by atoms with Crippen molar-refractivity contribution in [3.8, 4) is 0 Å². The number of rotatable bonds is 2. The van der Waals surface area contributed by atoms with Gasteiger partial charge < -0.3 is 16.7 Å². The van der Waals surface area contributed by atoms with Gasteiger partial charge in [0.2, 0.25) is 0 Å². The lowest BCUT2D eigenvalue weighted by Gasteiger charge is -1.98. The maximum Gasteiger partial charge on any atom is 0.335 e. The van der Waals surface area contributed by atoms with Gasteiger partial charge in [0.05, 0.1) is 11.3 Å². The van der Waals surface area contributed by atoms with E-state index in [0.717, 1.165) is 0 Å². The summed E-state index contributed by atoms with van der Waals surface area (Å²) in [6, 6.07) is 4.13. The quantitative estimate of drug-likeness (QED) is 0.271. The fraction of sp³-hybridized carbons (Fsp3) is 0. The molecule has 0 bridgehead atoms. The van der Waals surface area contributed by atoms with Crippen molar-refractivity contribution >= 4 is 17.3 Å². The normalized spacial score (nSPS) is 10.5. The van der Waals surface area contributed by atoms with Crippen LogP contribution < -0.4 is 11.6 Å². The van der Waals surface area contributed by atoms with Gasteiger partial charge in [-0.2, -0.15) is 0 Å². The highest BCUT2D eigenvalue weighted by molar-refractivity contribution is 5.90. The molecule has 1 rings (SSSR count). The van der Waals surface area contributed by atoms with Crippen molar-refractivity contribution in [1.29, 1.82) is 0 Å². The van der Waals surface area contributed by atoms with Gasteiger partial charge in [-0.1, -0.05) is 5.22 Å². The van der Waals surface area contributed by atoms with E-state index in [-0.39, 0.29) is 5.56 Å². The number of anilines is 1. The lowest BCUT2D eigenvalue weighted by molar-refractivity contribution is 0.0697. The first-order valence-electron chi connectivity index (χ1n) is 3.38. The first-order chi connectivity index (χ1) is 6.13. The lowest BCUT2D eigenvalue weighted by Crippen LogP contribution is -1.97. The maximum atomic E-state index is 10.6. The monoisotopic (exact) mass is 180 g/mol. The highest BCUT2D eigenvalue weighted by Crippen LogP contribution is 2.19. The predicted molar refractivity (Wildman–Crippen MR) is 46.5 cm³/mol. The van der Waals surface area contributed by atoms with Gasteiger partial charge >= 0.3 is 5.97 Å². The molecule has 1 aromatic carbocycles. The molecule has 0 aliphatic carbocycles. The molecular weight excluding hydrogens is 172 g/mol. The van der Waals surface area contributed by atoms with Crippen molar-refractivity contribution in [2.45, 2.75) is 0 Å². The van der Waals surface area contributed by atoms with E-state index in [0.29, 0.717) is 11.4 Å². The predicted octanol–water partition coefficient (Wildman–Crippen LogP) is 0.924. The van der Waals surface area contributed by atoms with Crippen molar-refractivity contribution in [3.63, 3.8) is 0 Å². The molecule has 68 valence electrons. The summed E-state index contributed by atoms with van der Waals surface area (Å²) in [5, 5.41) is 15.1. The van der Waals surface area contributed by atoms with E-state index in [2.05, 4.69) is 10.3 Å². The Bertz CT molecular complexity index is 362. The molecular formula is C7H8N4O2. The smallest absolute Gasteiger partial charge is 0.335 e. The van der Waals surface area contributed by atoms with E-state index in [1.54, 1.807) is 0 Å². The van der Waals surface area contributed by atoms with Crippen LogP contribution in [0.3, 0.4) is 0 Å². The number of hydrogen-bond donors (Lipinski definition) is 3. The van der Waals surface area contributed by atoms with Crippen LogP contribution in [0.1, 0.15) is 10.4 Å². The number of hydrogen-bond acceptors (Lipinski definition) is 4. The van der Waals surface area contributed by atoms with Crippen LogP contribution in [0.2, 0.25) is 0 Å². The Morgan fingerprint density at radius 2 is 2.08 bits per heavy atom. The van der Waals surface area contributed by atoms with Gasteiger partial charge in [0.1, 0.15) is 0 Å². The van der Waals surface area contributed by atoms with Gasteiger partial charge in [0, 0.05) is 5.69 Å². The Balaban J connectivity index is 3.18. The van der Waals surface area contributed by atoms with E-state index in [4.69, 9.17) is 16.7 Å². The number of nitrogen functional groups attached to an aromatic ring is 1. The minimum atomic E-state index is -1.07. The fourth-order valence-corrected chi connectivity index (χ4v) is 0.883. The molecule has 6 nitrogen and oxygen atoms in total. The molecule has 0 saturated carbocycles. The van der Waals surface area contributed by atoms with Crippen molar-refractivity contribution < 1.29 is 9.90 Å². The third-order valence-corrected chi connectivity index (χ3v) is 1.36. The molecule has 0 amide bonds. The summed E-state index contributed by atoms with van der Waals surface area (Å²) in [5.74, 6) is 3.74. The summed E-state index contributed by atoms with van der Waals surface area (Å²) in [6.45, 7) is 0. The van der Waals surface area contributed by atoms with Crippen molar-refractivity contribution in [2.24, 2.45) is 16.2 Å². The van der Waals surface area contributed by atoms with Gasteiger partial charge in [-0.05, 0) is 18.2 Å². The number of carboxylic acid groups (broad SMARTS) is 1. The summed E-state index contributed by atoms with van der Waals surface area (Å²) in [6.07, 6.45) is 0. The Morgan fingerprint density at radius 3 is 2.62 bits per heavy atom. The maximum absolute atomic E-state index is 10.6. The van der Waals surface area contributed by atoms with Gasteiger partial charge in [0.15, 0.2) is 0 Å². The molecule has 0 fully saturated rings. The van der Waals surface area contributed by atoms with E-state index >= 15 is 0 Å². The second-order valence-electron chi connectivity index (χ2n) is 2.33. The molecule has 0 aromatic heterocycles. The number of nitrogens with two attached hydrogens (primary N) is 2. The van der Waals surface area contributed by atoms with Gasteiger partial charge in [-0.3, -0.25) is 0 Å². The highest BCUT2D eigenvalue weighted by atomic mass is 16.4. The molecule has 6 heteroatoms. The Morgan fingerprint density at radius 1 is 1.38 bits per heavy atom.